The molecular formula is C22H28O6. The second kappa shape index (κ2) is 10.6. The van der Waals surface area contributed by atoms with Crippen LogP contribution in [-0.2, 0) is 0 Å². The van der Waals surface area contributed by atoms with E-state index < -0.39 is 6.10 Å². The van der Waals surface area contributed by atoms with Crippen LogP contribution in [0.4, 0.5) is 0 Å². The zero-order valence-electron chi connectivity index (χ0n) is 16.7. The molecule has 6 nitrogen and oxygen atoms in total. The van der Waals surface area contributed by atoms with Crippen molar-refractivity contribution in [3.63, 3.8) is 0 Å². The maximum absolute atomic E-state index is 10.7. The van der Waals surface area contributed by atoms with Gasteiger partial charge in [-0.05, 0) is 41.8 Å². The number of aliphatic hydroxyl groups is 2. The van der Waals surface area contributed by atoms with E-state index in [1.165, 1.54) is 0 Å². The molecule has 0 spiro atoms. The topological polar surface area (TPSA) is 77.4 Å². The van der Waals surface area contributed by atoms with Gasteiger partial charge in [-0.25, -0.2) is 0 Å². The molecule has 0 aromatic heterocycles. The zero-order valence-corrected chi connectivity index (χ0v) is 16.7. The van der Waals surface area contributed by atoms with E-state index in [1.807, 2.05) is 30.4 Å². The highest BCUT2D eigenvalue weighted by molar-refractivity contribution is 5.56. The first-order valence-electron chi connectivity index (χ1n) is 8.97. The van der Waals surface area contributed by atoms with E-state index in [-0.39, 0.29) is 12.5 Å². The van der Waals surface area contributed by atoms with Crippen LogP contribution in [0.2, 0.25) is 0 Å². The number of hydrogen-bond donors (Lipinski definition) is 2. The summed E-state index contributed by atoms with van der Waals surface area (Å²) in [4.78, 5) is 0. The van der Waals surface area contributed by atoms with E-state index in [2.05, 4.69) is 0 Å². The van der Waals surface area contributed by atoms with Gasteiger partial charge in [0.2, 0.25) is 0 Å². The van der Waals surface area contributed by atoms with Gasteiger partial charge >= 0.3 is 0 Å². The summed E-state index contributed by atoms with van der Waals surface area (Å²) in [6, 6.07) is 10.9. The highest BCUT2D eigenvalue weighted by Gasteiger charge is 2.20. The molecule has 0 unspecified atom stereocenters. The lowest BCUT2D eigenvalue weighted by Crippen LogP contribution is -2.16. The quantitative estimate of drug-likeness (QED) is 0.649. The molecule has 0 saturated heterocycles. The van der Waals surface area contributed by atoms with Crippen LogP contribution < -0.4 is 18.9 Å². The number of benzene rings is 2. The average molecular weight is 388 g/mol. The lowest BCUT2D eigenvalue weighted by Gasteiger charge is -2.21. The highest BCUT2D eigenvalue weighted by Crippen LogP contribution is 2.33. The van der Waals surface area contributed by atoms with E-state index in [0.29, 0.717) is 35.0 Å². The van der Waals surface area contributed by atoms with Gasteiger partial charge in [-0.15, -0.1) is 0 Å². The van der Waals surface area contributed by atoms with Crippen molar-refractivity contribution in [1.29, 1.82) is 0 Å². The number of aliphatic hydroxyl groups excluding tert-OH is 2. The van der Waals surface area contributed by atoms with Gasteiger partial charge in [-0.1, -0.05) is 24.3 Å². The molecule has 0 radical (unpaired) electrons. The maximum Gasteiger partial charge on any atom is 0.161 e. The van der Waals surface area contributed by atoms with Crippen LogP contribution in [0.3, 0.4) is 0 Å². The second-order valence-corrected chi connectivity index (χ2v) is 6.25. The van der Waals surface area contributed by atoms with Gasteiger partial charge in [0.1, 0.15) is 0 Å². The van der Waals surface area contributed by atoms with E-state index >= 15 is 0 Å². The molecule has 152 valence electrons. The molecule has 2 aromatic carbocycles. The molecular weight excluding hydrogens is 360 g/mol. The molecule has 2 rings (SSSR count). The Morgan fingerprint density at radius 1 is 0.821 bits per heavy atom. The first-order chi connectivity index (χ1) is 13.6. The van der Waals surface area contributed by atoms with Crippen LogP contribution in [0, 0.1) is 5.92 Å². The van der Waals surface area contributed by atoms with Crippen molar-refractivity contribution in [2.45, 2.75) is 12.5 Å². The molecule has 0 heterocycles. The molecule has 0 fully saturated rings. The SMILES string of the molecule is COc1ccc(/C=C/C[C@H](CO)[C@H](O)c2ccc(OC)c(OC)c2)cc1OC. The Bertz CT molecular complexity index is 787. The molecule has 2 aromatic rings. The summed E-state index contributed by atoms with van der Waals surface area (Å²) in [5.41, 5.74) is 1.60. The summed E-state index contributed by atoms with van der Waals surface area (Å²) >= 11 is 0. The molecule has 0 aliphatic carbocycles. The molecule has 2 atom stereocenters. The van der Waals surface area contributed by atoms with Crippen molar-refractivity contribution in [3.8, 4) is 23.0 Å². The largest absolute Gasteiger partial charge is 0.493 e. The van der Waals surface area contributed by atoms with Gasteiger partial charge in [-0.2, -0.15) is 0 Å². The Morgan fingerprint density at radius 3 is 1.96 bits per heavy atom. The van der Waals surface area contributed by atoms with Gasteiger partial charge in [0.05, 0.1) is 34.5 Å². The smallest absolute Gasteiger partial charge is 0.161 e. The van der Waals surface area contributed by atoms with Crippen LogP contribution in [0.5, 0.6) is 23.0 Å². The van der Waals surface area contributed by atoms with Gasteiger partial charge in [-0.3, -0.25) is 0 Å². The third-order valence-electron chi connectivity index (χ3n) is 4.59. The first-order valence-corrected chi connectivity index (χ1v) is 8.97. The summed E-state index contributed by atoms with van der Waals surface area (Å²) < 4.78 is 21.0. The Kier molecular flexibility index (Phi) is 8.17. The summed E-state index contributed by atoms with van der Waals surface area (Å²) in [6.45, 7) is -0.147. The van der Waals surface area contributed by atoms with Crippen molar-refractivity contribution in [2.75, 3.05) is 35.0 Å². The molecule has 28 heavy (non-hydrogen) atoms. The van der Waals surface area contributed by atoms with E-state index in [0.717, 1.165) is 5.56 Å². The van der Waals surface area contributed by atoms with Crippen molar-refractivity contribution in [2.24, 2.45) is 5.92 Å². The van der Waals surface area contributed by atoms with Crippen molar-refractivity contribution in [1.82, 2.24) is 0 Å². The first kappa shape index (κ1) is 21.6. The Balaban J connectivity index is 2.10. The van der Waals surface area contributed by atoms with Gasteiger partial charge in [0.15, 0.2) is 23.0 Å². The molecule has 0 amide bonds. The monoisotopic (exact) mass is 388 g/mol. The summed E-state index contributed by atoms with van der Waals surface area (Å²) in [7, 11) is 6.29. The number of allylic oxidation sites excluding steroid dienone is 1. The fraction of sp³-hybridized carbons (Fsp3) is 0.364. The summed E-state index contributed by atoms with van der Waals surface area (Å²) in [5.74, 6) is 2.09. The van der Waals surface area contributed by atoms with Gasteiger partial charge < -0.3 is 29.2 Å². The number of methoxy groups -OCH3 is 4. The third-order valence-corrected chi connectivity index (χ3v) is 4.59. The van der Waals surface area contributed by atoms with Crippen LogP contribution in [0.15, 0.2) is 42.5 Å². The lowest BCUT2D eigenvalue weighted by molar-refractivity contribution is 0.0682. The Morgan fingerprint density at radius 2 is 1.39 bits per heavy atom. The minimum Gasteiger partial charge on any atom is -0.493 e. The van der Waals surface area contributed by atoms with Gasteiger partial charge in [0, 0.05) is 12.5 Å². The van der Waals surface area contributed by atoms with Crippen molar-refractivity contribution < 1.29 is 29.2 Å². The lowest BCUT2D eigenvalue weighted by atomic mass is 9.93. The maximum atomic E-state index is 10.7. The highest BCUT2D eigenvalue weighted by atomic mass is 16.5. The van der Waals surface area contributed by atoms with Crippen molar-refractivity contribution >= 4 is 6.08 Å². The fourth-order valence-corrected chi connectivity index (χ4v) is 2.95. The molecule has 0 bridgehead atoms. The normalized spacial score (nSPS) is 13.2. The standard InChI is InChI=1S/C22H28O6/c1-25-18-10-8-15(12-20(18)27-3)6-5-7-17(14-23)22(24)16-9-11-19(26-2)21(13-16)28-4/h5-6,8-13,17,22-24H,7,14H2,1-4H3/b6-5+/t17-,22-/m1/s1. The van der Waals surface area contributed by atoms with Crippen LogP contribution >= 0.6 is 0 Å². The molecule has 0 aliphatic rings. The average Bonchev–Trinajstić information content (AvgIpc) is 2.75. The molecule has 2 N–H and O–H groups in total. The third kappa shape index (κ3) is 5.18. The predicted octanol–water partition coefficient (Wildman–Crippen LogP) is 3.47. The number of hydrogen-bond acceptors (Lipinski definition) is 6. The molecule has 6 heteroatoms. The number of rotatable bonds is 10. The Labute approximate surface area is 165 Å². The predicted molar refractivity (Wildman–Crippen MR) is 108 cm³/mol. The summed E-state index contributed by atoms with van der Waals surface area (Å²) in [6.07, 6.45) is 3.51. The molecule has 0 aliphatic heterocycles. The van der Waals surface area contributed by atoms with Gasteiger partial charge in [0.25, 0.3) is 0 Å². The molecule has 0 saturated carbocycles. The minimum atomic E-state index is -0.833. The van der Waals surface area contributed by atoms with E-state index in [9.17, 15) is 10.2 Å². The van der Waals surface area contributed by atoms with E-state index in [4.69, 9.17) is 18.9 Å². The second-order valence-electron chi connectivity index (χ2n) is 6.25. The Hall–Kier alpha value is -2.70. The number of ether oxygens (including phenoxy) is 4. The van der Waals surface area contributed by atoms with E-state index in [1.54, 1.807) is 46.6 Å². The minimum absolute atomic E-state index is 0.147. The van der Waals surface area contributed by atoms with Crippen LogP contribution in [-0.4, -0.2) is 45.3 Å². The van der Waals surface area contributed by atoms with Crippen LogP contribution in [0.1, 0.15) is 23.7 Å². The zero-order chi connectivity index (χ0) is 20.5. The fourth-order valence-electron chi connectivity index (χ4n) is 2.95. The van der Waals surface area contributed by atoms with Crippen molar-refractivity contribution in [3.05, 3.63) is 53.6 Å². The van der Waals surface area contributed by atoms with Crippen LogP contribution in [0.25, 0.3) is 6.08 Å². The summed E-state index contributed by atoms with van der Waals surface area (Å²) in [5, 5.41) is 20.4.